The molecule has 0 spiro atoms. The van der Waals surface area contributed by atoms with E-state index in [0.29, 0.717) is 22.1 Å². The summed E-state index contributed by atoms with van der Waals surface area (Å²) in [6.07, 6.45) is 0.981. The minimum Gasteiger partial charge on any atom is -0.361 e. The number of aromatic nitrogens is 2. The fourth-order valence-corrected chi connectivity index (χ4v) is 3.13. The van der Waals surface area contributed by atoms with Crippen LogP contribution in [0.4, 0.5) is 5.13 Å². The van der Waals surface area contributed by atoms with Crippen LogP contribution in [0, 0.1) is 13.8 Å². The summed E-state index contributed by atoms with van der Waals surface area (Å²) in [5.41, 5.74) is 3.21. The molecule has 108 valence electrons. The molecule has 2 aromatic heterocycles. The van der Waals surface area contributed by atoms with E-state index in [1.54, 1.807) is 13.8 Å². The second kappa shape index (κ2) is 5.29. The molecule has 0 unspecified atom stereocenters. The fraction of sp³-hybridized carbons (Fsp3) is 0.267. The number of hydrogen-bond donors (Lipinski definition) is 1. The molecule has 2 heterocycles. The van der Waals surface area contributed by atoms with Gasteiger partial charge in [0.05, 0.1) is 15.9 Å². The average Bonchev–Trinajstić information content (AvgIpc) is 3.00. The Morgan fingerprint density at radius 1 is 1.38 bits per heavy atom. The van der Waals surface area contributed by atoms with Gasteiger partial charge in [-0.05, 0) is 38.0 Å². The van der Waals surface area contributed by atoms with Gasteiger partial charge >= 0.3 is 0 Å². The average molecular weight is 301 g/mol. The van der Waals surface area contributed by atoms with Crippen molar-refractivity contribution in [2.75, 3.05) is 5.32 Å². The summed E-state index contributed by atoms with van der Waals surface area (Å²) in [4.78, 5) is 16.7. The Hall–Kier alpha value is -2.21. The number of amides is 1. The van der Waals surface area contributed by atoms with Crippen LogP contribution >= 0.6 is 11.3 Å². The first-order valence-electron chi connectivity index (χ1n) is 6.72. The van der Waals surface area contributed by atoms with Gasteiger partial charge in [-0.15, -0.1) is 0 Å². The van der Waals surface area contributed by atoms with Crippen LogP contribution in [0.5, 0.6) is 0 Å². The molecule has 0 aliphatic carbocycles. The third-order valence-electron chi connectivity index (χ3n) is 3.34. The topological polar surface area (TPSA) is 68.0 Å². The highest BCUT2D eigenvalue weighted by Crippen LogP contribution is 2.27. The van der Waals surface area contributed by atoms with Crippen molar-refractivity contribution in [3.05, 3.63) is 40.8 Å². The van der Waals surface area contributed by atoms with Crippen molar-refractivity contribution in [1.82, 2.24) is 10.1 Å². The van der Waals surface area contributed by atoms with E-state index in [-0.39, 0.29) is 5.91 Å². The smallest absolute Gasteiger partial charge is 0.262 e. The third kappa shape index (κ3) is 2.54. The summed E-state index contributed by atoms with van der Waals surface area (Å²) in [6, 6.07) is 6.15. The summed E-state index contributed by atoms with van der Waals surface area (Å²) >= 11 is 1.47. The van der Waals surface area contributed by atoms with E-state index in [1.165, 1.54) is 16.9 Å². The number of carbonyl (C=O) groups excluding carboxylic acids is 1. The largest absolute Gasteiger partial charge is 0.361 e. The number of carbonyl (C=O) groups is 1. The Morgan fingerprint density at radius 2 is 2.19 bits per heavy atom. The quantitative estimate of drug-likeness (QED) is 0.800. The standard InChI is InChI=1S/C15H15N3O2S/c1-4-10-5-6-11-12(7-10)21-15(16-11)17-14(19)13-8(2)18-20-9(13)3/h5-7H,4H2,1-3H3,(H,16,17,19). The fourth-order valence-electron chi connectivity index (χ4n) is 2.21. The lowest BCUT2D eigenvalue weighted by Gasteiger charge is -1.99. The zero-order valence-electron chi connectivity index (χ0n) is 12.1. The van der Waals surface area contributed by atoms with E-state index in [4.69, 9.17) is 4.52 Å². The minimum atomic E-state index is -0.235. The van der Waals surface area contributed by atoms with Crippen LogP contribution in [0.2, 0.25) is 0 Å². The zero-order valence-corrected chi connectivity index (χ0v) is 12.9. The summed E-state index contributed by atoms with van der Waals surface area (Å²) < 4.78 is 6.09. The van der Waals surface area contributed by atoms with Crippen LogP contribution in [0.3, 0.4) is 0 Å². The first-order valence-corrected chi connectivity index (χ1v) is 7.54. The molecule has 0 aliphatic heterocycles. The lowest BCUT2D eigenvalue weighted by Crippen LogP contribution is -2.13. The molecular weight excluding hydrogens is 286 g/mol. The van der Waals surface area contributed by atoms with Gasteiger partial charge in [0, 0.05) is 0 Å². The Balaban J connectivity index is 1.89. The molecule has 3 rings (SSSR count). The van der Waals surface area contributed by atoms with Crippen LogP contribution in [-0.2, 0) is 6.42 Å². The van der Waals surface area contributed by atoms with E-state index in [2.05, 4.69) is 34.5 Å². The number of thiazole rings is 1. The minimum absolute atomic E-state index is 0.235. The van der Waals surface area contributed by atoms with E-state index < -0.39 is 0 Å². The van der Waals surface area contributed by atoms with Gasteiger partial charge in [0.2, 0.25) is 0 Å². The number of anilines is 1. The van der Waals surface area contributed by atoms with Gasteiger partial charge in [-0.2, -0.15) is 0 Å². The molecule has 1 aromatic carbocycles. The second-order valence-corrected chi connectivity index (χ2v) is 5.86. The van der Waals surface area contributed by atoms with E-state index in [0.717, 1.165) is 16.6 Å². The first kappa shape index (κ1) is 13.8. The summed E-state index contributed by atoms with van der Waals surface area (Å²) in [6.45, 7) is 5.58. The number of fused-ring (bicyclic) bond motifs is 1. The maximum absolute atomic E-state index is 12.3. The maximum Gasteiger partial charge on any atom is 0.262 e. The Kier molecular flexibility index (Phi) is 3.47. The van der Waals surface area contributed by atoms with Gasteiger partial charge in [0.15, 0.2) is 5.13 Å². The van der Waals surface area contributed by atoms with Gasteiger partial charge in [-0.25, -0.2) is 4.98 Å². The Bertz CT molecular complexity index is 800. The predicted molar refractivity (Wildman–Crippen MR) is 82.9 cm³/mol. The first-order chi connectivity index (χ1) is 10.1. The second-order valence-electron chi connectivity index (χ2n) is 4.83. The molecule has 0 bridgehead atoms. The van der Waals surface area contributed by atoms with Gasteiger partial charge in [0.25, 0.3) is 5.91 Å². The van der Waals surface area contributed by atoms with Crippen molar-refractivity contribution in [3.8, 4) is 0 Å². The van der Waals surface area contributed by atoms with Gasteiger partial charge in [-0.3, -0.25) is 10.1 Å². The molecule has 0 fully saturated rings. The van der Waals surface area contributed by atoms with E-state index in [1.807, 2.05) is 6.07 Å². The number of aryl methyl sites for hydroxylation is 3. The Morgan fingerprint density at radius 3 is 2.86 bits per heavy atom. The van der Waals surface area contributed by atoms with Crippen LogP contribution in [0.25, 0.3) is 10.2 Å². The van der Waals surface area contributed by atoms with Crippen LogP contribution in [0.15, 0.2) is 22.7 Å². The molecule has 5 nitrogen and oxygen atoms in total. The molecule has 1 N–H and O–H groups in total. The molecule has 3 aromatic rings. The van der Waals surface area contributed by atoms with Crippen molar-refractivity contribution >= 4 is 32.6 Å². The van der Waals surface area contributed by atoms with Crippen molar-refractivity contribution < 1.29 is 9.32 Å². The number of nitrogens with one attached hydrogen (secondary N) is 1. The maximum atomic E-state index is 12.3. The van der Waals surface area contributed by atoms with E-state index in [9.17, 15) is 4.79 Å². The lowest BCUT2D eigenvalue weighted by molar-refractivity contribution is 0.102. The zero-order chi connectivity index (χ0) is 15.0. The van der Waals surface area contributed by atoms with Crippen LogP contribution < -0.4 is 5.32 Å². The summed E-state index contributed by atoms with van der Waals surface area (Å²) in [5.74, 6) is 0.278. The Labute approximate surface area is 126 Å². The van der Waals surface area contributed by atoms with Crippen molar-refractivity contribution in [3.63, 3.8) is 0 Å². The highest BCUT2D eigenvalue weighted by molar-refractivity contribution is 7.22. The summed E-state index contributed by atoms with van der Waals surface area (Å²) in [5, 5.41) is 7.20. The number of rotatable bonds is 3. The highest BCUT2D eigenvalue weighted by Gasteiger charge is 2.18. The molecule has 6 heteroatoms. The molecule has 21 heavy (non-hydrogen) atoms. The predicted octanol–water partition coefficient (Wildman–Crippen LogP) is 3.72. The molecular formula is C15H15N3O2S. The van der Waals surface area contributed by atoms with Crippen molar-refractivity contribution in [2.24, 2.45) is 0 Å². The van der Waals surface area contributed by atoms with Crippen molar-refractivity contribution in [1.29, 1.82) is 0 Å². The molecule has 0 saturated carbocycles. The normalized spacial score (nSPS) is 11.0. The van der Waals surface area contributed by atoms with Crippen LogP contribution in [-0.4, -0.2) is 16.0 Å². The SMILES string of the molecule is CCc1ccc2nc(NC(=O)c3c(C)noc3C)sc2c1. The highest BCUT2D eigenvalue weighted by atomic mass is 32.1. The number of nitrogens with zero attached hydrogens (tertiary/aromatic N) is 2. The van der Waals surface area contributed by atoms with Gasteiger partial charge in [0.1, 0.15) is 11.3 Å². The van der Waals surface area contributed by atoms with Gasteiger partial charge in [-0.1, -0.05) is 29.5 Å². The number of hydrogen-bond acceptors (Lipinski definition) is 5. The molecule has 1 amide bonds. The van der Waals surface area contributed by atoms with Crippen molar-refractivity contribution in [2.45, 2.75) is 27.2 Å². The molecule has 0 radical (unpaired) electrons. The molecule has 0 atom stereocenters. The molecule has 0 aliphatic rings. The monoisotopic (exact) mass is 301 g/mol. The van der Waals surface area contributed by atoms with Crippen LogP contribution in [0.1, 0.15) is 34.3 Å². The summed E-state index contributed by atoms with van der Waals surface area (Å²) in [7, 11) is 0. The molecule has 0 saturated heterocycles. The van der Waals surface area contributed by atoms with Gasteiger partial charge < -0.3 is 4.52 Å². The third-order valence-corrected chi connectivity index (χ3v) is 4.28. The number of benzene rings is 1. The lowest BCUT2D eigenvalue weighted by atomic mass is 10.2. The van der Waals surface area contributed by atoms with E-state index >= 15 is 0 Å².